The Hall–Kier alpha value is -0.620. The van der Waals surface area contributed by atoms with E-state index in [9.17, 15) is 14.7 Å². The number of carboxylic acids is 1. The predicted octanol–water partition coefficient (Wildman–Crippen LogP) is -4.21. The summed E-state index contributed by atoms with van der Waals surface area (Å²) in [4.78, 5) is 23.7. The minimum atomic E-state index is -1.33. The van der Waals surface area contributed by atoms with Gasteiger partial charge in [-0.2, -0.15) is 0 Å². The molecule has 0 unspecified atom stereocenters. The third kappa shape index (κ3) is 1.97. The summed E-state index contributed by atoms with van der Waals surface area (Å²) in [6.45, 7) is 3.33. The van der Waals surface area contributed by atoms with Crippen molar-refractivity contribution in [2.75, 3.05) is 6.61 Å². The molecule has 0 aromatic heterocycles. The van der Waals surface area contributed by atoms with Crippen LogP contribution < -0.4 is 34.7 Å². The molecule has 17 heavy (non-hydrogen) atoms. The normalized spacial score (nSPS) is 29.0. The van der Waals surface area contributed by atoms with E-state index in [-0.39, 0.29) is 59.7 Å². The monoisotopic (exact) mass is 245 g/mol. The number of hydrogen-bond acceptors (Lipinski definition) is 4. The molecular weight excluding hydrogens is 233 g/mol. The van der Waals surface area contributed by atoms with Crippen molar-refractivity contribution in [3.05, 3.63) is 22.9 Å². The van der Waals surface area contributed by atoms with E-state index in [1.165, 1.54) is 11.0 Å². The van der Waals surface area contributed by atoms with Gasteiger partial charge in [0.2, 0.25) is 0 Å². The van der Waals surface area contributed by atoms with Gasteiger partial charge in [-0.1, -0.05) is 13.0 Å². The molecule has 1 amide bonds. The first-order valence-electron chi connectivity index (χ1n) is 5.06. The van der Waals surface area contributed by atoms with Crippen LogP contribution in [0.25, 0.3) is 0 Å². The zero-order chi connectivity index (χ0) is 12.0. The van der Waals surface area contributed by atoms with Crippen LogP contribution in [-0.2, 0) is 9.59 Å². The van der Waals surface area contributed by atoms with E-state index in [0.717, 1.165) is 0 Å². The molecule has 1 saturated heterocycles. The maximum Gasteiger partial charge on any atom is 1.00 e. The average molecular weight is 245 g/mol. The molecule has 6 heteroatoms. The zero-order valence-corrected chi connectivity index (χ0v) is 12.1. The molecule has 0 aromatic rings. The van der Waals surface area contributed by atoms with E-state index < -0.39 is 5.97 Å². The third-order valence-corrected chi connectivity index (χ3v) is 3.11. The summed E-state index contributed by atoms with van der Waals surface area (Å²) in [5.74, 6) is -1.72. The Balaban J connectivity index is 0.00000144. The summed E-state index contributed by atoms with van der Waals surface area (Å²) in [6.07, 6.45) is 1.52. The fourth-order valence-corrected chi connectivity index (χ4v) is 2.31. The van der Waals surface area contributed by atoms with Crippen molar-refractivity contribution in [2.24, 2.45) is 5.92 Å². The van der Waals surface area contributed by atoms with Crippen LogP contribution in [0.15, 0.2) is 22.9 Å². The van der Waals surface area contributed by atoms with Gasteiger partial charge in [-0.15, -0.1) is 0 Å². The number of carbonyl (C=O) groups is 2. The molecule has 1 fully saturated rings. The van der Waals surface area contributed by atoms with Gasteiger partial charge in [-0.3, -0.25) is 9.69 Å². The van der Waals surface area contributed by atoms with E-state index in [0.29, 0.717) is 11.1 Å². The first-order chi connectivity index (χ1) is 7.49. The topological polar surface area (TPSA) is 80.7 Å². The van der Waals surface area contributed by atoms with E-state index in [1.54, 1.807) is 6.92 Å². The van der Waals surface area contributed by atoms with Crippen LogP contribution >= 0.6 is 0 Å². The minimum Gasteiger partial charge on any atom is -0.543 e. The van der Waals surface area contributed by atoms with Crippen LogP contribution in [-0.4, -0.2) is 34.5 Å². The van der Waals surface area contributed by atoms with Crippen LogP contribution in [0.5, 0.6) is 0 Å². The molecule has 0 saturated carbocycles. The van der Waals surface area contributed by atoms with Gasteiger partial charge in [0.1, 0.15) is 0 Å². The van der Waals surface area contributed by atoms with E-state index >= 15 is 0 Å². The van der Waals surface area contributed by atoms with Crippen LogP contribution in [0.2, 0.25) is 0 Å². The number of β-lactam (4-membered cyclic amide) rings is 1. The molecular formula is C11H12NNaO4. The number of hydrogen-bond donors (Lipinski definition) is 1. The SMILES string of the molecule is C/C(CO)=C1\C(=O)N2C(C(=O)[O-])=C[C@@H](C)[C@H]12.[Na+]. The summed E-state index contributed by atoms with van der Waals surface area (Å²) < 4.78 is 0. The van der Waals surface area contributed by atoms with Gasteiger partial charge in [0.25, 0.3) is 5.91 Å². The maximum atomic E-state index is 11.7. The molecule has 2 atom stereocenters. The second kappa shape index (κ2) is 4.94. The molecule has 1 N–H and O–H groups in total. The quantitative estimate of drug-likeness (QED) is 0.304. The summed E-state index contributed by atoms with van der Waals surface area (Å²) in [5, 5.41) is 19.8. The molecule has 0 spiro atoms. The number of fused-ring (bicyclic) bond motifs is 1. The molecule has 86 valence electrons. The van der Waals surface area contributed by atoms with Crippen molar-refractivity contribution in [3.63, 3.8) is 0 Å². The van der Waals surface area contributed by atoms with Crippen molar-refractivity contribution >= 4 is 11.9 Å². The van der Waals surface area contributed by atoms with Crippen LogP contribution in [0, 0.1) is 5.92 Å². The molecule has 2 aliphatic heterocycles. The molecule has 0 radical (unpaired) electrons. The second-order valence-electron chi connectivity index (χ2n) is 4.17. The summed E-state index contributed by atoms with van der Waals surface area (Å²) in [5.41, 5.74) is 1.07. The number of amides is 1. The number of aliphatic hydroxyl groups is 1. The predicted molar refractivity (Wildman–Crippen MR) is 52.7 cm³/mol. The Bertz CT molecular complexity index is 441. The van der Waals surface area contributed by atoms with Gasteiger partial charge in [0.05, 0.1) is 24.3 Å². The van der Waals surface area contributed by atoms with Crippen molar-refractivity contribution < 1.29 is 49.4 Å². The van der Waals surface area contributed by atoms with Crippen molar-refractivity contribution in [2.45, 2.75) is 19.9 Å². The van der Waals surface area contributed by atoms with Gasteiger partial charge in [-0.05, 0) is 12.5 Å². The van der Waals surface area contributed by atoms with Gasteiger partial charge in [-0.25, -0.2) is 0 Å². The Morgan fingerprint density at radius 1 is 1.59 bits per heavy atom. The average Bonchev–Trinajstić information content (AvgIpc) is 2.52. The minimum absolute atomic E-state index is 0. The molecule has 2 rings (SSSR count). The fraction of sp³-hybridized carbons (Fsp3) is 0.455. The first kappa shape index (κ1) is 14.4. The van der Waals surface area contributed by atoms with Crippen molar-refractivity contribution in [1.82, 2.24) is 4.90 Å². The van der Waals surface area contributed by atoms with Gasteiger partial charge in [0, 0.05) is 11.5 Å². The fourth-order valence-electron chi connectivity index (χ4n) is 2.31. The smallest absolute Gasteiger partial charge is 0.543 e. The number of aliphatic hydroxyl groups excluding tert-OH is 1. The van der Waals surface area contributed by atoms with Gasteiger partial charge < -0.3 is 15.0 Å². The molecule has 2 aliphatic rings. The summed E-state index contributed by atoms with van der Waals surface area (Å²) >= 11 is 0. The third-order valence-electron chi connectivity index (χ3n) is 3.11. The van der Waals surface area contributed by atoms with E-state index in [4.69, 9.17) is 5.11 Å². The van der Waals surface area contributed by atoms with Crippen molar-refractivity contribution in [3.8, 4) is 0 Å². The van der Waals surface area contributed by atoms with Crippen LogP contribution in [0.3, 0.4) is 0 Å². The maximum absolute atomic E-state index is 11.7. The van der Waals surface area contributed by atoms with E-state index in [2.05, 4.69) is 0 Å². The number of nitrogens with zero attached hydrogens (tertiary/aromatic N) is 1. The van der Waals surface area contributed by atoms with Crippen LogP contribution in [0.1, 0.15) is 13.8 Å². The second-order valence-corrected chi connectivity index (χ2v) is 4.17. The van der Waals surface area contributed by atoms with E-state index in [1.807, 2.05) is 6.92 Å². The zero-order valence-electron chi connectivity index (χ0n) is 10.1. The Labute approximate surface area is 121 Å². The standard InChI is InChI=1S/C11H13NO4.Na/c1-5-3-7(11(15)16)12-9(5)8(10(12)14)6(2)4-13;/h3,5,9,13H,4H2,1-2H3,(H,15,16);/q;+1/p-1/b8-6+;/t5-,9-;/m1./s1. The number of carboxylic acid groups (broad SMARTS) is 1. The van der Waals surface area contributed by atoms with Crippen molar-refractivity contribution in [1.29, 1.82) is 0 Å². The molecule has 2 heterocycles. The Kier molecular flexibility index (Phi) is 4.19. The van der Waals surface area contributed by atoms with Gasteiger partial charge in [0.15, 0.2) is 0 Å². The number of aliphatic carboxylic acids is 1. The molecule has 0 aliphatic carbocycles. The molecule has 0 bridgehead atoms. The summed E-state index contributed by atoms with van der Waals surface area (Å²) in [7, 11) is 0. The first-order valence-corrected chi connectivity index (χ1v) is 5.06. The Morgan fingerprint density at radius 3 is 2.65 bits per heavy atom. The number of carbonyl (C=O) groups excluding carboxylic acids is 2. The largest absolute Gasteiger partial charge is 1.00 e. The van der Waals surface area contributed by atoms with Crippen LogP contribution in [0.4, 0.5) is 0 Å². The Morgan fingerprint density at radius 2 is 2.18 bits per heavy atom. The molecule has 5 nitrogen and oxygen atoms in total. The summed E-state index contributed by atoms with van der Waals surface area (Å²) in [6, 6.07) is -0.243. The van der Waals surface area contributed by atoms with Gasteiger partial charge >= 0.3 is 29.6 Å². The number of rotatable bonds is 2. The molecule has 0 aromatic carbocycles.